The summed E-state index contributed by atoms with van der Waals surface area (Å²) in [5.74, 6) is -0.347. The number of aromatic nitrogens is 2. The Morgan fingerprint density at radius 3 is 2.64 bits per heavy atom. The molecule has 1 aliphatic rings. The molecular weight excluding hydrogens is 333 g/mol. The Morgan fingerprint density at radius 2 is 2.04 bits per heavy atom. The van der Waals surface area contributed by atoms with Gasteiger partial charge in [0.05, 0.1) is 5.56 Å². The van der Waals surface area contributed by atoms with E-state index in [2.05, 4.69) is 15.7 Å². The van der Waals surface area contributed by atoms with Gasteiger partial charge < -0.3 is 10.6 Å². The van der Waals surface area contributed by atoms with Crippen molar-refractivity contribution in [3.8, 4) is 0 Å². The van der Waals surface area contributed by atoms with Crippen molar-refractivity contribution >= 4 is 11.6 Å². The van der Waals surface area contributed by atoms with Crippen molar-refractivity contribution < 1.29 is 18.0 Å². The molecule has 25 heavy (non-hydrogen) atoms. The first kappa shape index (κ1) is 17.5. The van der Waals surface area contributed by atoms with E-state index in [1.165, 1.54) is 6.07 Å². The average Bonchev–Trinajstić information content (AvgIpc) is 3.11. The lowest BCUT2D eigenvalue weighted by Gasteiger charge is -2.36. The Labute approximate surface area is 143 Å². The fourth-order valence-electron chi connectivity index (χ4n) is 3.09. The van der Waals surface area contributed by atoms with Crippen molar-refractivity contribution in [1.29, 1.82) is 0 Å². The van der Waals surface area contributed by atoms with E-state index in [1.807, 2.05) is 0 Å². The van der Waals surface area contributed by atoms with Gasteiger partial charge in [0.15, 0.2) is 0 Å². The number of anilines is 1. The van der Waals surface area contributed by atoms with Crippen LogP contribution in [0.1, 0.15) is 24.0 Å². The SMILES string of the molecule is Cc1ccc(C(F)(F)F)cc1NC(=O)C1(n2cccn2)CCNCC1. The van der Waals surface area contributed by atoms with Gasteiger partial charge in [-0.05, 0) is 56.6 Å². The molecule has 5 nitrogen and oxygen atoms in total. The van der Waals surface area contributed by atoms with Gasteiger partial charge in [-0.2, -0.15) is 18.3 Å². The minimum Gasteiger partial charge on any atom is -0.324 e. The van der Waals surface area contributed by atoms with Crippen LogP contribution < -0.4 is 10.6 Å². The molecule has 2 heterocycles. The van der Waals surface area contributed by atoms with E-state index in [4.69, 9.17) is 0 Å². The van der Waals surface area contributed by atoms with Crippen LogP contribution in [0.5, 0.6) is 0 Å². The second-order valence-corrected chi connectivity index (χ2v) is 6.21. The zero-order valence-electron chi connectivity index (χ0n) is 13.7. The molecule has 2 aromatic rings. The van der Waals surface area contributed by atoms with Gasteiger partial charge in [-0.15, -0.1) is 0 Å². The Hall–Kier alpha value is -2.35. The third-order valence-corrected chi connectivity index (χ3v) is 4.61. The van der Waals surface area contributed by atoms with E-state index >= 15 is 0 Å². The van der Waals surface area contributed by atoms with Crippen LogP contribution in [0.2, 0.25) is 0 Å². The van der Waals surface area contributed by atoms with E-state index < -0.39 is 17.3 Å². The monoisotopic (exact) mass is 352 g/mol. The predicted octanol–water partition coefficient (Wildman–Crippen LogP) is 2.93. The Bertz CT molecular complexity index is 750. The third kappa shape index (κ3) is 3.39. The van der Waals surface area contributed by atoms with Gasteiger partial charge in [0.1, 0.15) is 5.54 Å². The van der Waals surface area contributed by atoms with Crippen LogP contribution in [0.4, 0.5) is 18.9 Å². The molecule has 0 atom stereocenters. The molecule has 1 aromatic heterocycles. The number of carbonyl (C=O) groups is 1. The van der Waals surface area contributed by atoms with Crippen LogP contribution in [-0.4, -0.2) is 28.8 Å². The number of nitrogens with one attached hydrogen (secondary N) is 2. The normalized spacial score (nSPS) is 17.3. The van der Waals surface area contributed by atoms with Gasteiger partial charge >= 0.3 is 6.18 Å². The molecule has 0 spiro atoms. The molecular formula is C17H19F3N4O. The number of aryl methyl sites for hydroxylation is 1. The fraction of sp³-hybridized carbons (Fsp3) is 0.412. The molecule has 2 N–H and O–H groups in total. The summed E-state index contributed by atoms with van der Waals surface area (Å²) in [7, 11) is 0. The highest BCUT2D eigenvalue weighted by Crippen LogP contribution is 2.33. The molecule has 0 bridgehead atoms. The van der Waals surface area contributed by atoms with Crippen molar-refractivity contribution in [3.05, 3.63) is 47.8 Å². The lowest BCUT2D eigenvalue weighted by Crippen LogP contribution is -2.52. The van der Waals surface area contributed by atoms with Crippen LogP contribution in [0.15, 0.2) is 36.7 Å². The lowest BCUT2D eigenvalue weighted by atomic mass is 9.87. The number of amides is 1. The highest BCUT2D eigenvalue weighted by Gasteiger charge is 2.42. The first-order valence-corrected chi connectivity index (χ1v) is 8.03. The predicted molar refractivity (Wildman–Crippen MR) is 87.1 cm³/mol. The summed E-state index contributed by atoms with van der Waals surface area (Å²) in [6.45, 7) is 2.93. The summed E-state index contributed by atoms with van der Waals surface area (Å²) < 4.78 is 40.5. The fourth-order valence-corrected chi connectivity index (χ4v) is 3.09. The van der Waals surface area contributed by atoms with Crippen molar-refractivity contribution in [2.75, 3.05) is 18.4 Å². The van der Waals surface area contributed by atoms with Crippen LogP contribution in [-0.2, 0) is 16.5 Å². The topological polar surface area (TPSA) is 59.0 Å². The highest BCUT2D eigenvalue weighted by atomic mass is 19.4. The van der Waals surface area contributed by atoms with E-state index in [0.717, 1.165) is 12.1 Å². The largest absolute Gasteiger partial charge is 0.416 e. The first-order valence-electron chi connectivity index (χ1n) is 8.03. The van der Waals surface area contributed by atoms with Gasteiger partial charge in [-0.1, -0.05) is 6.07 Å². The zero-order chi connectivity index (χ0) is 18.1. The number of alkyl halides is 3. The lowest BCUT2D eigenvalue weighted by molar-refractivity contribution is -0.137. The number of carbonyl (C=O) groups excluding carboxylic acids is 1. The van der Waals surface area contributed by atoms with Crippen molar-refractivity contribution in [2.24, 2.45) is 0 Å². The average molecular weight is 352 g/mol. The maximum atomic E-state index is 13.0. The number of halogens is 3. The zero-order valence-corrected chi connectivity index (χ0v) is 13.7. The van der Waals surface area contributed by atoms with Crippen molar-refractivity contribution in [3.63, 3.8) is 0 Å². The first-order chi connectivity index (χ1) is 11.8. The molecule has 1 aliphatic heterocycles. The summed E-state index contributed by atoms with van der Waals surface area (Å²) in [5.41, 5.74) is -0.947. The summed E-state index contributed by atoms with van der Waals surface area (Å²) in [5, 5.41) is 10.1. The minimum atomic E-state index is -4.46. The Morgan fingerprint density at radius 1 is 1.32 bits per heavy atom. The van der Waals surface area contributed by atoms with Crippen LogP contribution >= 0.6 is 0 Å². The Kier molecular flexibility index (Phi) is 4.55. The Balaban J connectivity index is 1.92. The molecule has 1 aromatic carbocycles. The second kappa shape index (κ2) is 6.51. The maximum Gasteiger partial charge on any atom is 0.416 e. The van der Waals surface area contributed by atoms with E-state index in [9.17, 15) is 18.0 Å². The quantitative estimate of drug-likeness (QED) is 0.893. The van der Waals surface area contributed by atoms with Crippen LogP contribution in [0, 0.1) is 6.92 Å². The minimum absolute atomic E-state index is 0.171. The van der Waals surface area contributed by atoms with Crippen molar-refractivity contribution in [2.45, 2.75) is 31.5 Å². The number of piperidine rings is 1. The van der Waals surface area contributed by atoms with Gasteiger partial charge in [0.2, 0.25) is 0 Å². The molecule has 0 unspecified atom stereocenters. The molecule has 134 valence electrons. The number of hydrogen-bond acceptors (Lipinski definition) is 3. The standard InChI is InChI=1S/C17H19F3N4O/c1-12-3-4-13(17(18,19)20)11-14(12)23-15(25)16(5-8-21-9-6-16)24-10-2-7-22-24/h2-4,7,10-11,21H,5-6,8-9H2,1H3,(H,23,25). The molecule has 1 amide bonds. The van der Waals surface area contributed by atoms with E-state index in [-0.39, 0.29) is 11.6 Å². The maximum absolute atomic E-state index is 13.0. The van der Waals surface area contributed by atoms with E-state index in [0.29, 0.717) is 31.5 Å². The molecule has 3 rings (SSSR count). The van der Waals surface area contributed by atoms with Crippen molar-refractivity contribution in [1.82, 2.24) is 15.1 Å². The highest BCUT2D eigenvalue weighted by molar-refractivity contribution is 5.97. The van der Waals surface area contributed by atoms with E-state index in [1.54, 1.807) is 30.1 Å². The summed E-state index contributed by atoms with van der Waals surface area (Å²) in [6, 6.07) is 5.08. The molecule has 0 radical (unpaired) electrons. The number of benzene rings is 1. The van der Waals surface area contributed by atoms with Crippen LogP contribution in [0.3, 0.4) is 0 Å². The summed E-state index contributed by atoms with van der Waals surface area (Å²) in [6.07, 6.45) is -0.130. The van der Waals surface area contributed by atoms with Gasteiger partial charge in [-0.3, -0.25) is 9.48 Å². The molecule has 0 saturated carbocycles. The molecule has 1 fully saturated rings. The van der Waals surface area contributed by atoms with Crippen LogP contribution in [0.25, 0.3) is 0 Å². The number of nitrogens with zero attached hydrogens (tertiary/aromatic N) is 2. The van der Waals surface area contributed by atoms with Gasteiger partial charge in [-0.25, -0.2) is 0 Å². The summed E-state index contributed by atoms with van der Waals surface area (Å²) in [4.78, 5) is 13.0. The number of hydrogen-bond donors (Lipinski definition) is 2. The van der Waals surface area contributed by atoms with Gasteiger partial charge in [0, 0.05) is 18.1 Å². The smallest absolute Gasteiger partial charge is 0.324 e. The molecule has 1 saturated heterocycles. The molecule has 0 aliphatic carbocycles. The summed E-state index contributed by atoms with van der Waals surface area (Å²) >= 11 is 0. The second-order valence-electron chi connectivity index (χ2n) is 6.21. The molecule has 8 heteroatoms. The number of rotatable bonds is 3. The van der Waals surface area contributed by atoms with Gasteiger partial charge in [0.25, 0.3) is 5.91 Å². The third-order valence-electron chi connectivity index (χ3n) is 4.61.